The molecule has 1 aliphatic rings. The summed E-state index contributed by atoms with van der Waals surface area (Å²) in [6.07, 6.45) is -7.79. The number of amides is 1. The van der Waals surface area contributed by atoms with Gasteiger partial charge in [-0.05, 0) is 37.1 Å². The Balaban J connectivity index is 2.26. The van der Waals surface area contributed by atoms with E-state index in [0.29, 0.717) is 12.0 Å². The Morgan fingerprint density at radius 1 is 1.30 bits per heavy atom. The second-order valence-electron chi connectivity index (χ2n) is 8.39. The third-order valence-electron chi connectivity index (χ3n) is 5.31. The SMILES string of the molecule is C=CC(Cl)/C=C(Cl)\C=C(/C)CC1(C(F)(F)F)CC(c2ccc(CC)c(NNC(=O)CC(F)(F)F)c2)=NO1. The van der Waals surface area contributed by atoms with Crippen LogP contribution in [0.15, 0.2) is 58.8 Å². The number of oxime groups is 1. The Labute approximate surface area is 220 Å². The molecule has 0 aromatic heterocycles. The molecule has 1 aromatic carbocycles. The zero-order valence-corrected chi connectivity index (χ0v) is 21.4. The maximum absolute atomic E-state index is 14.2. The van der Waals surface area contributed by atoms with Gasteiger partial charge in [-0.25, -0.2) is 0 Å². The smallest absolute Gasteiger partial charge is 0.378 e. The van der Waals surface area contributed by atoms with E-state index < -0.39 is 48.5 Å². The molecule has 1 aliphatic heterocycles. The normalized spacial score (nSPS) is 19.7. The minimum absolute atomic E-state index is 0.0217. The summed E-state index contributed by atoms with van der Waals surface area (Å²) in [7, 11) is 0. The number of hydrogen-bond donors (Lipinski definition) is 2. The Morgan fingerprint density at radius 3 is 2.54 bits per heavy atom. The highest BCUT2D eigenvalue weighted by Gasteiger charge is 2.60. The molecule has 0 saturated carbocycles. The molecule has 2 N–H and O–H groups in total. The van der Waals surface area contributed by atoms with Crippen LogP contribution in [0.5, 0.6) is 0 Å². The molecular weight excluding hydrogens is 547 g/mol. The third-order valence-corrected chi connectivity index (χ3v) is 5.85. The molecule has 2 unspecified atom stereocenters. The number of anilines is 1. The van der Waals surface area contributed by atoms with Crippen LogP contribution in [0.3, 0.4) is 0 Å². The summed E-state index contributed by atoms with van der Waals surface area (Å²) in [5, 5.41) is 3.22. The fourth-order valence-corrected chi connectivity index (χ4v) is 4.05. The van der Waals surface area contributed by atoms with Gasteiger partial charge in [0.25, 0.3) is 0 Å². The number of rotatable bonds is 10. The molecule has 0 spiro atoms. The van der Waals surface area contributed by atoms with E-state index in [4.69, 9.17) is 28.0 Å². The molecule has 204 valence electrons. The van der Waals surface area contributed by atoms with Crippen molar-refractivity contribution in [3.05, 3.63) is 64.7 Å². The van der Waals surface area contributed by atoms with E-state index >= 15 is 0 Å². The summed E-state index contributed by atoms with van der Waals surface area (Å²) in [6.45, 7) is 6.72. The summed E-state index contributed by atoms with van der Waals surface area (Å²) in [4.78, 5) is 16.5. The summed E-state index contributed by atoms with van der Waals surface area (Å²) in [5.41, 5.74) is 3.01. The molecule has 0 bridgehead atoms. The summed E-state index contributed by atoms with van der Waals surface area (Å²) in [5.74, 6) is -1.32. The number of nitrogens with one attached hydrogen (secondary N) is 2. The van der Waals surface area contributed by atoms with Gasteiger partial charge in [0, 0.05) is 23.4 Å². The van der Waals surface area contributed by atoms with Crippen molar-refractivity contribution in [2.45, 2.75) is 62.9 Å². The topological polar surface area (TPSA) is 62.7 Å². The molecule has 1 amide bonds. The highest BCUT2D eigenvalue weighted by molar-refractivity contribution is 6.32. The maximum Gasteiger partial charge on any atom is 0.431 e. The Kier molecular flexibility index (Phi) is 10.1. The number of hydrazine groups is 1. The molecule has 2 rings (SSSR count). The Bertz CT molecular complexity index is 1100. The van der Waals surface area contributed by atoms with E-state index in [1.54, 1.807) is 13.0 Å². The van der Waals surface area contributed by atoms with Gasteiger partial charge in [-0.3, -0.25) is 15.6 Å². The average Bonchev–Trinajstić information content (AvgIpc) is 3.21. The minimum Gasteiger partial charge on any atom is -0.378 e. The molecular formula is C24H25Cl2F6N3O2. The van der Waals surface area contributed by atoms with E-state index in [2.05, 4.69) is 17.2 Å². The largest absolute Gasteiger partial charge is 0.431 e. The molecule has 0 fully saturated rings. The van der Waals surface area contributed by atoms with E-state index in [1.165, 1.54) is 37.3 Å². The zero-order chi connectivity index (χ0) is 28.0. The van der Waals surface area contributed by atoms with Gasteiger partial charge in [-0.15, -0.1) is 18.2 Å². The van der Waals surface area contributed by atoms with E-state index in [0.717, 1.165) is 0 Å². The van der Waals surface area contributed by atoms with Crippen LogP contribution in [0.2, 0.25) is 0 Å². The maximum atomic E-state index is 14.2. The number of benzene rings is 1. The number of hydrogen-bond acceptors (Lipinski definition) is 4. The second-order valence-corrected chi connectivity index (χ2v) is 9.33. The standard InChI is InChI=1S/C24H25Cl2F6N3O2/c1-4-15-6-7-16(9-19(15)33-34-21(36)13-23(27,28)29)20-12-22(37-35-20,24(30,31)32)11-14(3)8-18(26)10-17(25)5-2/h5-10,17,33H,2,4,11-13H2,1,3H3,(H,34,36)/b14-8+,18-10+. The van der Waals surface area contributed by atoms with Crippen molar-refractivity contribution >= 4 is 40.5 Å². The van der Waals surface area contributed by atoms with Crippen molar-refractivity contribution in [1.29, 1.82) is 0 Å². The van der Waals surface area contributed by atoms with Crippen LogP contribution in [-0.4, -0.2) is 34.9 Å². The highest BCUT2D eigenvalue weighted by atomic mass is 35.5. The van der Waals surface area contributed by atoms with Crippen LogP contribution < -0.4 is 10.9 Å². The third kappa shape index (κ3) is 8.70. The molecule has 2 atom stereocenters. The monoisotopic (exact) mass is 571 g/mol. The van der Waals surface area contributed by atoms with Gasteiger partial charge in [0.2, 0.25) is 11.5 Å². The van der Waals surface area contributed by atoms with Crippen molar-refractivity contribution in [3.63, 3.8) is 0 Å². The van der Waals surface area contributed by atoms with Crippen LogP contribution in [-0.2, 0) is 16.1 Å². The lowest BCUT2D eigenvalue weighted by Crippen LogP contribution is -2.45. The lowest BCUT2D eigenvalue weighted by atomic mass is 9.87. The number of halogens is 8. The molecule has 0 aliphatic carbocycles. The van der Waals surface area contributed by atoms with Crippen LogP contribution in [0.25, 0.3) is 0 Å². The lowest BCUT2D eigenvalue weighted by molar-refractivity contribution is -0.268. The van der Waals surface area contributed by atoms with Gasteiger partial charge in [0.15, 0.2) is 0 Å². The van der Waals surface area contributed by atoms with Crippen LogP contribution in [0.1, 0.15) is 44.2 Å². The molecule has 37 heavy (non-hydrogen) atoms. The first-order valence-corrected chi connectivity index (χ1v) is 11.8. The quantitative estimate of drug-likeness (QED) is 0.102. The van der Waals surface area contributed by atoms with Crippen LogP contribution in [0, 0.1) is 0 Å². The molecule has 1 heterocycles. The summed E-state index contributed by atoms with van der Waals surface area (Å²) >= 11 is 11.9. The number of carbonyl (C=O) groups is 1. The zero-order valence-electron chi connectivity index (χ0n) is 19.9. The van der Waals surface area contributed by atoms with Crippen LogP contribution in [0.4, 0.5) is 32.0 Å². The van der Waals surface area contributed by atoms with Crippen molar-refractivity contribution in [1.82, 2.24) is 5.43 Å². The highest BCUT2D eigenvalue weighted by Crippen LogP contribution is 2.45. The first-order chi connectivity index (χ1) is 17.1. The minimum atomic E-state index is -4.80. The summed E-state index contributed by atoms with van der Waals surface area (Å²) in [6, 6.07) is 4.48. The second kappa shape index (κ2) is 12.3. The number of nitrogens with zero attached hydrogens (tertiary/aromatic N) is 1. The van der Waals surface area contributed by atoms with Gasteiger partial charge < -0.3 is 4.84 Å². The fraction of sp³-hybridized carbons (Fsp3) is 0.417. The Hall–Kier alpha value is -2.66. The molecule has 0 saturated heterocycles. The number of alkyl halides is 7. The first kappa shape index (κ1) is 30.6. The molecule has 13 heteroatoms. The van der Waals surface area contributed by atoms with E-state index in [9.17, 15) is 31.1 Å². The van der Waals surface area contributed by atoms with Gasteiger partial charge in [-0.1, -0.05) is 47.5 Å². The summed E-state index contributed by atoms with van der Waals surface area (Å²) < 4.78 is 79.7. The number of aryl methyl sites for hydroxylation is 1. The molecule has 1 aromatic rings. The molecule has 5 nitrogen and oxygen atoms in total. The average molecular weight is 572 g/mol. The van der Waals surface area contributed by atoms with E-state index in [-0.39, 0.29) is 27.6 Å². The number of allylic oxidation sites excluding steroid dienone is 4. The van der Waals surface area contributed by atoms with Gasteiger partial charge in [-0.2, -0.15) is 26.3 Å². The van der Waals surface area contributed by atoms with Crippen LogP contribution >= 0.6 is 23.2 Å². The predicted octanol–water partition coefficient (Wildman–Crippen LogP) is 7.32. The predicted molar refractivity (Wildman–Crippen MR) is 131 cm³/mol. The Morgan fingerprint density at radius 2 is 1.97 bits per heavy atom. The molecule has 0 radical (unpaired) electrons. The van der Waals surface area contributed by atoms with Gasteiger partial charge in [0.05, 0.1) is 16.8 Å². The van der Waals surface area contributed by atoms with Crippen molar-refractivity contribution in [3.8, 4) is 0 Å². The van der Waals surface area contributed by atoms with Crippen molar-refractivity contribution < 1.29 is 36.0 Å². The fourth-order valence-electron chi connectivity index (χ4n) is 3.53. The van der Waals surface area contributed by atoms with Gasteiger partial charge >= 0.3 is 12.4 Å². The lowest BCUT2D eigenvalue weighted by Gasteiger charge is -2.29. The van der Waals surface area contributed by atoms with E-state index in [1.807, 2.05) is 5.43 Å². The van der Waals surface area contributed by atoms with Gasteiger partial charge in [0.1, 0.15) is 6.42 Å². The van der Waals surface area contributed by atoms with Crippen molar-refractivity contribution in [2.75, 3.05) is 5.43 Å². The first-order valence-electron chi connectivity index (χ1n) is 11.0. The number of carbonyl (C=O) groups excluding carboxylic acids is 1. The van der Waals surface area contributed by atoms with Crippen molar-refractivity contribution in [2.24, 2.45) is 5.16 Å².